The lowest BCUT2D eigenvalue weighted by Crippen LogP contribution is -2.07. The first-order valence-corrected chi connectivity index (χ1v) is 4.84. The van der Waals surface area contributed by atoms with Crippen molar-refractivity contribution in [1.82, 2.24) is 0 Å². The third-order valence-corrected chi connectivity index (χ3v) is 2.12. The fourth-order valence-corrected chi connectivity index (χ4v) is 1.29. The zero-order valence-corrected chi connectivity index (χ0v) is 9.62. The highest BCUT2D eigenvalue weighted by molar-refractivity contribution is 5.94. The Morgan fingerprint density at radius 3 is 2.58 bits per heavy atom. The fraction of sp³-hybridized carbons (Fsp3) is 0.0909. The van der Waals surface area contributed by atoms with Crippen LogP contribution in [0.3, 0.4) is 0 Å². The Bertz CT molecular complexity index is 581. The van der Waals surface area contributed by atoms with Crippen molar-refractivity contribution in [2.24, 2.45) is 0 Å². The van der Waals surface area contributed by atoms with Gasteiger partial charge in [-0.3, -0.25) is 10.1 Å². The SMILES string of the molecule is COC(=O)c1cc(F)c(C=CC(=O)O)cc1[N+](=O)[O-]. The van der Waals surface area contributed by atoms with E-state index >= 15 is 0 Å². The number of halogens is 1. The number of methoxy groups -OCH3 is 1. The van der Waals surface area contributed by atoms with Crippen molar-refractivity contribution in [2.75, 3.05) is 7.11 Å². The van der Waals surface area contributed by atoms with Gasteiger partial charge in [0.1, 0.15) is 11.4 Å². The molecule has 0 heterocycles. The second kappa shape index (κ2) is 5.71. The summed E-state index contributed by atoms with van der Waals surface area (Å²) in [6.07, 6.45) is 1.48. The monoisotopic (exact) mass is 269 g/mol. The summed E-state index contributed by atoms with van der Waals surface area (Å²) in [5, 5.41) is 19.2. The molecule has 0 amide bonds. The molecule has 0 saturated heterocycles. The molecule has 0 unspecified atom stereocenters. The van der Waals surface area contributed by atoms with Crippen LogP contribution < -0.4 is 0 Å². The van der Waals surface area contributed by atoms with Crippen LogP contribution in [0.25, 0.3) is 6.08 Å². The highest BCUT2D eigenvalue weighted by atomic mass is 19.1. The number of nitro groups is 1. The third kappa shape index (κ3) is 3.35. The first kappa shape index (κ1) is 14.3. The van der Waals surface area contributed by atoms with E-state index in [1.165, 1.54) is 0 Å². The highest BCUT2D eigenvalue weighted by Crippen LogP contribution is 2.24. The molecule has 0 atom stereocenters. The van der Waals surface area contributed by atoms with E-state index in [0.29, 0.717) is 12.1 Å². The zero-order chi connectivity index (χ0) is 14.6. The van der Waals surface area contributed by atoms with Crippen LogP contribution in [-0.4, -0.2) is 29.1 Å². The van der Waals surface area contributed by atoms with Crippen molar-refractivity contribution in [2.45, 2.75) is 0 Å². The predicted octanol–water partition coefficient (Wildman–Crippen LogP) is 1.62. The smallest absolute Gasteiger partial charge is 0.344 e. The van der Waals surface area contributed by atoms with Crippen LogP contribution in [-0.2, 0) is 9.53 Å². The Hall–Kier alpha value is -2.77. The molecule has 0 bridgehead atoms. The summed E-state index contributed by atoms with van der Waals surface area (Å²) in [6, 6.07) is 1.40. The molecule has 0 radical (unpaired) electrons. The average molecular weight is 269 g/mol. The average Bonchev–Trinajstić information content (AvgIpc) is 2.35. The van der Waals surface area contributed by atoms with Crippen LogP contribution in [0, 0.1) is 15.9 Å². The summed E-state index contributed by atoms with van der Waals surface area (Å²) in [7, 11) is 1.00. The van der Waals surface area contributed by atoms with Gasteiger partial charge in [-0.1, -0.05) is 0 Å². The maximum absolute atomic E-state index is 13.6. The number of nitrogens with zero attached hydrogens (tertiary/aromatic N) is 1. The van der Waals surface area contributed by atoms with Gasteiger partial charge in [0.25, 0.3) is 5.69 Å². The number of benzene rings is 1. The van der Waals surface area contributed by atoms with E-state index in [2.05, 4.69) is 4.74 Å². The molecule has 19 heavy (non-hydrogen) atoms. The first-order chi connectivity index (χ1) is 8.86. The van der Waals surface area contributed by atoms with Gasteiger partial charge >= 0.3 is 11.9 Å². The fourth-order valence-electron chi connectivity index (χ4n) is 1.29. The topological polar surface area (TPSA) is 107 Å². The van der Waals surface area contributed by atoms with E-state index in [-0.39, 0.29) is 5.56 Å². The van der Waals surface area contributed by atoms with Crippen LogP contribution in [0.15, 0.2) is 18.2 Å². The normalized spacial score (nSPS) is 10.4. The zero-order valence-electron chi connectivity index (χ0n) is 9.62. The van der Waals surface area contributed by atoms with Crippen LogP contribution in [0.4, 0.5) is 10.1 Å². The Labute approximate surface area is 106 Å². The summed E-state index contributed by atoms with van der Waals surface area (Å²) >= 11 is 0. The van der Waals surface area contributed by atoms with Gasteiger partial charge in [-0.25, -0.2) is 14.0 Å². The summed E-state index contributed by atoms with van der Waals surface area (Å²) in [4.78, 5) is 31.5. The van der Waals surface area contributed by atoms with Gasteiger partial charge in [0.05, 0.1) is 12.0 Å². The van der Waals surface area contributed by atoms with Gasteiger partial charge in [0, 0.05) is 17.7 Å². The molecule has 7 nitrogen and oxygen atoms in total. The number of carbonyl (C=O) groups excluding carboxylic acids is 1. The van der Waals surface area contributed by atoms with E-state index in [4.69, 9.17) is 5.11 Å². The second-order valence-electron chi connectivity index (χ2n) is 3.31. The summed E-state index contributed by atoms with van der Waals surface area (Å²) in [5.74, 6) is -3.36. The summed E-state index contributed by atoms with van der Waals surface area (Å²) < 4.78 is 17.9. The molecule has 0 aliphatic rings. The van der Waals surface area contributed by atoms with Gasteiger partial charge in [0.15, 0.2) is 0 Å². The van der Waals surface area contributed by atoms with Crippen molar-refractivity contribution in [3.8, 4) is 0 Å². The number of nitro benzene ring substituents is 1. The quantitative estimate of drug-likeness (QED) is 0.385. The van der Waals surface area contributed by atoms with Crippen LogP contribution in [0.5, 0.6) is 0 Å². The van der Waals surface area contributed by atoms with Crippen LogP contribution in [0.2, 0.25) is 0 Å². The number of hydrogen-bond donors (Lipinski definition) is 1. The Morgan fingerprint density at radius 2 is 2.11 bits per heavy atom. The van der Waals surface area contributed by atoms with Gasteiger partial charge in [0.2, 0.25) is 0 Å². The van der Waals surface area contributed by atoms with E-state index in [1.807, 2.05) is 0 Å². The molecule has 0 saturated carbocycles. The Kier molecular flexibility index (Phi) is 4.30. The number of carboxylic acid groups (broad SMARTS) is 1. The first-order valence-electron chi connectivity index (χ1n) is 4.84. The molecular formula is C11H8FNO6. The highest BCUT2D eigenvalue weighted by Gasteiger charge is 2.23. The maximum Gasteiger partial charge on any atom is 0.344 e. The molecule has 0 spiro atoms. The van der Waals surface area contributed by atoms with Crippen molar-refractivity contribution in [3.63, 3.8) is 0 Å². The van der Waals surface area contributed by atoms with Crippen molar-refractivity contribution in [3.05, 3.63) is 45.3 Å². The lowest BCUT2D eigenvalue weighted by atomic mass is 10.1. The molecule has 8 heteroatoms. The minimum absolute atomic E-state index is 0.318. The van der Waals surface area contributed by atoms with Gasteiger partial charge < -0.3 is 9.84 Å². The largest absolute Gasteiger partial charge is 0.478 e. The summed E-state index contributed by atoms with van der Waals surface area (Å²) in [5.41, 5.74) is -1.53. The number of carbonyl (C=O) groups is 2. The van der Waals surface area contributed by atoms with E-state index < -0.39 is 33.9 Å². The summed E-state index contributed by atoms with van der Waals surface area (Å²) in [6.45, 7) is 0. The molecule has 0 aromatic heterocycles. The standard InChI is InChI=1S/C11H8FNO6/c1-19-11(16)7-5-8(12)6(2-3-10(14)15)4-9(7)13(17)18/h2-5H,1H3,(H,14,15). The molecule has 0 aliphatic heterocycles. The number of carboxylic acids is 1. The molecule has 1 N–H and O–H groups in total. The number of aliphatic carboxylic acids is 1. The van der Waals surface area contributed by atoms with Gasteiger partial charge in [-0.05, 0) is 12.1 Å². The van der Waals surface area contributed by atoms with Crippen LogP contribution >= 0.6 is 0 Å². The number of ether oxygens (including phenoxy) is 1. The molecule has 1 aromatic carbocycles. The molecule has 1 rings (SSSR count). The molecule has 0 fully saturated rings. The van der Waals surface area contributed by atoms with Gasteiger partial charge in [-0.2, -0.15) is 0 Å². The van der Waals surface area contributed by atoms with E-state index in [0.717, 1.165) is 19.3 Å². The third-order valence-electron chi connectivity index (χ3n) is 2.12. The van der Waals surface area contributed by atoms with E-state index in [9.17, 15) is 24.1 Å². The number of esters is 1. The molecular weight excluding hydrogens is 261 g/mol. The molecule has 100 valence electrons. The van der Waals surface area contributed by atoms with Gasteiger partial charge in [-0.15, -0.1) is 0 Å². The Morgan fingerprint density at radius 1 is 1.47 bits per heavy atom. The lowest BCUT2D eigenvalue weighted by Gasteiger charge is -2.03. The second-order valence-corrected chi connectivity index (χ2v) is 3.31. The minimum Gasteiger partial charge on any atom is -0.478 e. The predicted molar refractivity (Wildman–Crippen MR) is 61.1 cm³/mol. The number of hydrogen-bond acceptors (Lipinski definition) is 5. The van der Waals surface area contributed by atoms with E-state index in [1.54, 1.807) is 0 Å². The molecule has 0 aliphatic carbocycles. The number of rotatable bonds is 4. The molecule has 1 aromatic rings. The van der Waals surface area contributed by atoms with Crippen molar-refractivity contribution < 1.29 is 28.7 Å². The van der Waals surface area contributed by atoms with Crippen molar-refractivity contribution >= 4 is 23.7 Å². The van der Waals surface area contributed by atoms with Crippen LogP contribution in [0.1, 0.15) is 15.9 Å². The van der Waals surface area contributed by atoms with Crippen molar-refractivity contribution in [1.29, 1.82) is 0 Å². The minimum atomic E-state index is -1.33. The lowest BCUT2D eigenvalue weighted by molar-refractivity contribution is -0.385. The maximum atomic E-state index is 13.6. The Balaban J connectivity index is 3.40.